The third-order valence-corrected chi connectivity index (χ3v) is 4.80. The van der Waals surface area contributed by atoms with Gasteiger partial charge in [-0.05, 0) is 12.8 Å². The van der Waals surface area contributed by atoms with Crippen LogP contribution in [0.5, 0.6) is 0 Å². The second-order valence-corrected chi connectivity index (χ2v) is 6.21. The van der Waals surface area contributed by atoms with Crippen molar-refractivity contribution in [3.05, 3.63) is 0 Å². The van der Waals surface area contributed by atoms with Gasteiger partial charge in [0.05, 0.1) is 5.88 Å². The highest BCUT2D eigenvalue weighted by molar-refractivity contribution is 7.99. The molecule has 0 radical (unpaired) electrons. The van der Waals surface area contributed by atoms with E-state index in [2.05, 4.69) is 0 Å². The van der Waals surface area contributed by atoms with E-state index in [-0.39, 0.29) is 24.4 Å². The molecule has 1 N–H and O–H groups in total. The van der Waals surface area contributed by atoms with Gasteiger partial charge in [-0.15, -0.1) is 11.8 Å². The van der Waals surface area contributed by atoms with Gasteiger partial charge in [0.15, 0.2) is 0 Å². The molecular weight excluding hydrogens is 296 g/mol. The molecule has 0 saturated carbocycles. The fraction of sp³-hybridized carbons (Fsp3) is 0.769. The van der Waals surface area contributed by atoms with Crippen molar-refractivity contribution in [3.8, 4) is 0 Å². The number of hydrogen-bond acceptors (Lipinski definition) is 5. The molecule has 1 unspecified atom stereocenters. The second-order valence-electron chi connectivity index (χ2n) is 5.21. The molecule has 2 aliphatic heterocycles. The monoisotopic (exact) mass is 316 g/mol. The van der Waals surface area contributed by atoms with E-state index in [4.69, 9.17) is 9.84 Å². The van der Waals surface area contributed by atoms with Crippen molar-refractivity contribution in [2.24, 2.45) is 0 Å². The molecule has 1 atom stereocenters. The molecule has 0 bridgehead atoms. The van der Waals surface area contributed by atoms with Crippen LogP contribution in [-0.4, -0.2) is 76.2 Å². The first-order valence-corrected chi connectivity index (χ1v) is 8.11. The van der Waals surface area contributed by atoms with Gasteiger partial charge in [-0.1, -0.05) is 0 Å². The summed E-state index contributed by atoms with van der Waals surface area (Å²) in [6.45, 7) is 2.17. The Kier molecular flexibility index (Phi) is 5.46. The molecule has 0 aromatic heterocycles. The molecule has 8 heteroatoms. The SMILES string of the molecule is CC(=O)N1CSCC1C(=O)N(CC(=O)O)C1CCOCC1. The highest BCUT2D eigenvalue weighted by Crippen LogP contribution is 2.25. The first-order chi connectivity index (χ1) is 10.0. The number of amides is 2. The van der Waals surface area contributed by atoms with Gasteiger partial charge in [0, 0.05) is 31.9 Å². The van der Waals surface area contributed by atoms with Gasteiger partial charge in [-0.3, -0.25) is 14.4 Å². The van der Waals surface area contributed by atoms with Gasteiger partial charge in [0.2, 0.25) is 11.8 Å². The predicted octanol–water partition coefficient (Wildman–Crippen LogP) is 0.000000000000000444. The lowest BCUT2D eigenvalue weighted by molar-refractivity contribution is -0.151. The molecule has 0 spiro atoms. The van der Waals surface area contributed by atoms with Crippen LogP contribution in [0.2, 0.25) is 0 Å². The summed E-state index contributed by atoms with van der Waals surface area (Å²) in [7, 11) is 0. The highest BCUT2D eigenvalue weighted by Gasteiger charge is 2.38. The first kappa shape index (κ1) is 16.1. The van der Waals surface area contributed by atoms with Crippen LogP contribution >= 0.6 is 11.8 Å². The van der Waals surface area contributed by atoms with Gasteiger partial charge in [0.25, 0.3) is 0 Å². The predicted molar refractivity (Wildman–Crippen MR) is 76.8 cm³/mol. The molecule has 2 heterocycles. The van der Waals surface area contributed by atoms with Crippen LogP contribution in [0.4, 0.5) is 0 Å². The molecule has 2 aliphatic rings. The van der Waals surface area contributed by atoms with Crippen molar-refractivity contribution in [2.75, 3.05) is 31.4 Å². The minimum atomic E-state index is -1.03. The molecular formula is C13H20N2O5S. The summed E-state index contributed by atoms with van der Waals surface area (Å²) in [6, 6.07) is -0.670. The molecule has 0 aromatic rings. The average molecular weight is 316 g/mol. The summed E-state index contributed by atoms with van der Waals surface area (Å²) in [5.74, 6) is -0.432. The number of aliphatic carboxylic acids is 1. The third-order valence-electron chi connectivity index (χ3n) is 3.79. The Bertz CT molecular complexity index is 425. The standard InChI is InChI=1S/C13H20N2O5S/c1-9(16)15-8-21-7-11(15)13(19)14(6-12(17)18)10-2-4-20-5-3-10/h10-11H,2-8H2,1H3,(H,17,18). The number of carboxylic acids is 1. The number of nitrogens with zero attached hydrogens (tertiary/aromatic N) is 2. The zero-order valence-electron chi connectivity index (χ0n) is 12.0. The van der Waals surface area contributed by atoms with Gasteiger partial charge >= 0.3 is 5.97 Å². The van der Waals surface area contributed by atoms with E-state index >= 15 is 0 Å². The van der Waals surface area contributed by atoms with Crippen LogP contribution in [0.3, 0.4) is 0 Å². The quantitative estimate of drug-likeness (QED) is 0.785. The van der Waals surface area contributed by atoms with Crippen LogP contribution in [0.1, 0.15) is 19.8 Å². The lowest BCUT2D eigenvalue weighted by atomic mass is 10.1. The van der Waals surface area contributed by atoms with Crippen molar-refractivity contribution in [2.45, 2.75) is 31.8 Å². The second kappa shape index (κ2) is 7.13. The zero-order valence-corrected chi connectivity index (χ0v) is 12.8. The van der Waals surface area contributed by atoms with Crippen molar-refractivity contribution < 1.29 is 24.2 Å². The van der Waals surface area contributed by atoms with Crippen LogP contribution in [0, 0.1) is 0 Å². The normalized spacial score (nSPS) is 23.1. The summed E-state index contributed by atoms with van der Waals surface area (Å²) < 4.78 is 5.27. The molecule has 2 fully saturated rings. The van der Waals surface area contributed by atoms with E-state index in [1.54, 1.807) is 0 Å². The Labute approximate surface area is 127 Å². The van der Waals surface area contributed by atoms with Gasteiger partial charge in [-0.2, -0.15) is 0 Å². The van der Waals surface area contributed by atoms with Crippen molar-refractivity contribution >= 4 is 29.5 Å². The number of carbonyl (C=O) groups is 3. The first-order valence-electron chi connectivity index (χ1n) is 6.95. The fourth-order valence-corrected chi connectivity index (χ4v) is 3.89. The van der Waals surface area contributed by atoms with E-state index < -0.39 is 12.0 Å². The van der Waals surface area contributed by atoms with Gasteiger partial charge < -0.3 is 19.6 Å². The lowest BCUT2D eigenvalue weighted by Crippen LogP contribution is -2.54. The van der Waals surface area contributed by atoms with E-state index in [0.717, 1.165) is 0 Å². The van der Waals surface area contributed by atoms with Crippen LogP contribution in [0.15, 0.2) is 0 Å². The lowest BCUT2D eigenvalue weighted by Gasteiger charge is -2.36. The van der Waals surface area contributed by atoms with Gasteiger partial charge in [0.1, 0.15) is 12.6 Å². The maximum Gasteiger partial charge on any atom is 0.323 e. The molecule has 21 heavy (non-hydrogen) atoms. The fourth-order valence-electron chi connectivity index (χ4n) is 2.68. The zero-order chi connectivity index (χ0) is 15.4. The number of ether oxygens (including phenoxy) is 1. The topological polar surface area (TPSA) is 87.2 Å². The Balaban J connectivity index is 2.12. The molecule has 2 saturated heterocycles. The number of rotatable bonds is 4. The number of thioether (sulfide) groups is 1. The summed E-state index contributed by atoms with van der Waals surface area (Å²) in [6.07, 6.45) is 1.28. The van der Waals surface area contributed by atoms with Crippen LogP contribution in [-0.2, 0) is 19.1 Å². The van der Waals surface area contributed by atoms with Crippen LogP contribution in [0.25, 0.3) is 0 Å². The third kappa shape index (κ3) is 3.88. The molecule has 2 rings (SSSR count). The molecule has 118 valence electrons. The summed E-state index contributed by atoms with van der Waals surface area (Å²) >= 11 is 1.52. The van der Waals surface area contributed by atoms with E-state index in [9.17, 15) is 14.4 Å². The maximum atomic E-state index is 12.7. The number of hydrogen-bond donors (Lipinski definition) is 1. The Morgan fingerprint density at radius 3 is 2.57 bits per heavy atom. The van der Waals surface area contributed by atoms with Crippen molar-refractivity contribution in [3.63, 3.8) is 0 Å². The van der Waals surface area contributed by atoms with E-state index in [0.29, 0.717) is 37.7 Å². The van der Waals surface area contributed by atoms with Crippen molar-refractivity contribution in [1.82, 2.24) is 9.80 Å². The molecule has 7 nitrogen and oxygen atoms in total. The highest BCUT2D eigenvalue weighted by atomic mass is 32.2. The minimum Gasteiger partial charge on any atom is -0.480 e. The number of carboxylic acid groups (broad SMARTS) is 1. The van der Waals surface area contributed by atoms with Crippen LogP contribution < -0.4 is 0 Å². The smallest absolute Gasteiger partial charge is 0.323 e. The molecule has 0 aliphatic carbocycles. The molecule has 2 amide bonds. The Morgan fingerprint density at radius 2 is 2.00 bits per heavy atom. The van der Waals surface area contributed by atoms with Gasteiger partial charge in [-0.25, -0.2) is 0 Å². The number of carbonyl (C=O) groups excluding carboxylic acids is 2. The summed E-state index contributed by atoms with van der Waals surface area (Å²) in [4.78, 5) is 38.3. The minimum absolute atomic E-state index is 0.123. The Hall–Kier alpha value is -1.28. The van der Waals surface area contributed by atoms with E-state index in [1.165, 1.54) is 28.5 Å². The summed E-state index contributed by atoms with van der Waals surface area (Å²) in [5.41, 5.74) is 0. The average Bonchev–Trinajstić information content (AvgIpc) is 2.94. The Morgan fingerprint density at radius 1 is 1.33 bits per heavy atom. The van der Waals surface area contributed by atoms with Crippen molar-refractivity contribution in [1.29, 1.82) is 0 Å². The molecule has 0 aromatic carbocycles. The van der Waals surface area contributed by atoms with E-state index in [1.807, 2.05) is 0 Å². The largest absolute Gasteiger partial charge is 0.480 e. The summed E-state index contributed by atoms with van der Waals surface area (Å²) in [5, 5.41) is 9.07. The maximum absolute atomic E-state index is 12.7.